The van der Waals surface area contributed by atoms with Crippen LogP contribution in [-0.2, 0) is 13.1 Å². The van der Waals surface area contributed by atoms with Crippen LogP contribution >= 0.6 is 11.6 Å². The average molecular weight is 254 g/mol. The maximum absolute atomic E-state index is 13.0. The zero-order valence-corrected chi connectivity index (χ0v) is 10.2. The summed E-state index contributed by atoms with van der Waals surface area (Å²) in [5.41, 5.74) is 0.581. The fourth-order valence-electron chi connectivity index (χ4n) is 1.60. The standard InChI is InChI=1S/C12H13ClFN3/c1-2-17-6-5-15-12(17)8-16-11-7-9(14)3-4-10(11)13/h3-7,16H,2,8H2,1H3. The van der Waals surface area contributed by atoms with E-state index in [9.17, 15) is 4.39 Å². The Kier molecular flexibility index (Phi) is 3.64. The molecule has 2 aromatic rings. The first kappa shape index (κ1) is 11.9. The Balaban J connectivity index is 2.09. The highest BCUT2D eigenvalue weighted by Gasteiger charge is 2.04. The van der Waals surface area contributed by atoms with Crippen molar-refractivity contribution in [3.05, 3.63) is 47.3 Å². The van der Waals surface area contributed by atoms with Gasteiger partial charge in [-0.1, -0.05) is 11.6 Å². The lowest BCUT2D eigenvalue weighted by molar-refractivity contribution is 0.628. The summed E-state index contributed by atoms with van der Waals surface area (Å²) in [4.78, 5) is 4.22. The summed E-state index contributed by atoms with van der Waals surface area (Å²) in [6.45, 7) is 3.41. The van der Waals surface area contributed by atoms with Crippen LogP contribution in [0.5, 0.6) is 0 Å². The number of nitrogens with zero attached hydrogens (tertiary/aromatic N) is 2. The normalized spacial score (nSPS) is 10.5. The minimum atomic E-state index is -0.310. The van der Waals surface area contributed by atoms with E-state index in [1.165, 1.54) is 18.2 Å². The minimum Gasteiger partial charge on any atom is -0.377 e. The molecule has 3 nitrogen and oxygen atoms in total. The second-order valence-electron chi connectivity index (χ2n) is 3.61. The zero-order chi connectivity index (χ0) is 12.3. The number of benzene rings is 1. The number of aromatic nitrogens is 2. The van der Waals surface area contributed by atoms with Crippen LogP contribution in [0, 0.1) is 5.82 Å². The first-order valence-corrected chi connectivity index (χ1v) is 5.77. The van der Waals surface area contributed by atoms with Crippen molar-refractivity contribution < 1.29 is 4.39 Å². The molecule has 90 valence electrons. The molecule has 0 bridgehead atoms. The van der Waals surface area contributed by atoms with Crippen LogP contribution in [0.3, 0.4) is 0 Å². The molecule has 0 saturated heterocycles. The van der Waals surface area contributed by atoms with Crippen molar-refractivity contribution >= 4 is 17.3 Å². The third kappa shape index (κ3) is 2.77. The van der Waals surface area contributed by atoms with Gasteiger partial charge in [0.15, 0.2) is 0 Å². The number of hydrogen-bond acceptors (Lipinski definition) is 2. The summed E-state index contributed by atoms with van der Waals surface area (Å²) in [5, 5.41) is 3.58. The van der Waals surface area contributed by atoms with Crippen LogP contribution in [0.15, 0.2) is 30.6 Å². The van der Waals surface area contributed by atoms with Gasteiger partial charge in [-0.05, 0) is 25.1 Å². The van der Waals surface area contributed by atoms with E-state index in [1.807, 2.05) is 17.7 Å². The molecule has 0 aliphatic rings. The largest absolute Gasteiger partial charge is 0.377 e. The van der Waals surface area contributed by atoms with Crippen molar-refractivity contribution in [2.24, 2.45) is 0 Å². The van der Waals surface area contributed by atoms with E-state index < -0.39 is 0 Å². The van der Waals surface area contributed by atoms with Crippen LogP contribution in [-0.4, -0.2) is 9.55 Å². The lowest BCUT2D eigenvalue weighted by atomic mass is 10.3. The van der Waals surface area contributed by atoms with Crippen molar-refractivity contribution in [2.45, 2.75) is 20.0 Å². The highest BCUT2D eigenvalue weighted by atomic mass is 35.5. The Hall–Kier alpha value is -1.55. The van der Waals surface area contributed by atoms with Gasteiger partial charge in [-0.2, -0.15) is 0 Å². The summed E-state index contributed by atoms with van der Waals surface area (Å²) in [7, 11) is 0. The average Bonchev–Trinajstić information content (AvgIpc) is 2.77. The Labute approximate surface area is 104 Å². The van der Waals surface area contributed by atoms with E-state index in [-0.39, 0.29) is 5.82 Å². The Bertz CT molecular complexity index is 510. The molecule has 0 radical (unpaired) electrons. The summed E-state index contributed by atoms with van der Waals surface area (Å²) < 4.78 is 15.1. The number of rotatable bonds is 4. The minimum absolute atomic E-state index is 0.310. The van der Waals surface area contributed by atoms with Gasteiger partial charge in [0.05, 0.1) is 17.3 Å². The highest BCUT2D eigenvalue weighted by molar-refractivity contribution is 6.33. The van der Waals surface area contributed by atoms with Gasteiger partial charge in [0, 0.05) is 18.9 Å². The lowest BCUT2D eigenvalue weighted by Gasteiger charge is -2.09. The van der Waals surface area contributed by atoms with E-state index in [0.717, 1.165) is 12.4 Å². The smallest absolute Gasteiger partial charge is 0.128 e. The van der Waals surface area contributed by atoms with E-state index in [4.69, 9.17) is 11.6 Å². The molecule has 0 fully saturated rings. The Morgan fingerprint density at radius 3 is 3.06 bits per heavy atom. The molecule has 17 heavy (non-hydrogen) atoms. The van der Waals surface area contributed by atoms with Gasteiger partial charge in [0.2, 0.25) is 0 Å². The van der Waals surface area contributed by atoms with Gasteiger partial charge < -0.3 is 9.88 Å². The predicted octanol–water partition coefficient (Wildman–Crippen LogP) is 3.31. The van der Waals surface area contributed by atoms with Crippen LogP contribution in [0.4, 0.5) is 10.1 Å². The lowest BCUT2D eigenvalue weighted by Crippen LogP contribution is -2.07. The molecule has 1 heterocycles. The number of anilines is 1. The number of nitrogens with one attached hydrogen (secondary N) is 1. The van der Waals surface area contributed by atoms with Gasteiger partial charge in [-0.15, -0.1) is 0 Å². The van der Waals surface area contributed by atoms with Gasteiger partial charge >= 0.3 is 0 Å². The van der Waals surface area contributed by atoms with Gasteiger partial charge in [-0.25, -0.2) is 9.37 Å². The number of imidazole rings is 1. The molecule has 1 aromatic heterocycles. The molecule has 0 amide bonds. The highest BCUT2D eigenvalue weighted by Crippen LogP contribution is 2.22. The van der Waals surface area contributed by atoms with Gasteiger partial charge in [0.25, 0.3) is 0 Å². The van der Waals surface area contributed by atoms with E-state index in [0.29, 0.717) is 17.3 Å². The monoisotopic (exact) mass is 253 g/mol. The van der Waals surface area contributed by atoms with E-state index >= 15 is 0 Å². The van der Waals surface area contributed by atoms with Crippen molar-refractivity contribution in [3.8, 4) is 0 Å². The molecule has 0 unspecified atom stereocenters. The SMILES string of the molecule is CCn1ccnc1CNc1cc(F)ccc1Cl. The molecule has 0 spiro atoms. The topological polar surface area (TPSA) is 29.9 Å². The summed E-state index contributed by atoms with van der Waals surface area (Å²) in [6.07, 6.45) is 3.65. The number of aryl methyl sites for hydroxylation is 1. The molecule has 0 aliphatic carbocycles. The molecule has 2 rings (SSSR count). The Morgan fingerprint density at radius 2 is 2.29 bits per heavy atom. The second-order valence-corrected chi connectivity index (χ2v) is 4.01. The molecule has 0 saturated carbocycles. The van der Waals surface area contributed by atoms with Gasteiger partial charge in [0.1, 0.15) is 11.6 Å². The van der Waals surface area contributed by atoms with Crippen LogP contribution in [0.1, 0.15) is 12.7 Å². The predicted molar refractivity (Wildman–Crippen MR) is 66.6 cm³/mol. The maximum Gasteiger partial charge on any atom is 0.128 e. The van der Waals surface area contributed by atoms with E-state index in [1.54, 1.807) is 6.20 Å². The third-order valence-electron chi connectivity index (χ3n) is 2.51. The van der Waals surface area contributed by atoms with Crippen LogP contribution < -0.4 is 5.32 Å². The fourth-order valence-corrected chi connectivity index (χ4v) is 1.79. The fraction of sp³-hybridized carbons (Fsp3) is 0.250. The van der Waals surface area contributed by atoms with Crippen molar-refractivity contribution in [1.29, 1.82) is 0 Å². The molecule has 1 aromatic carbocycles. The van der Waals surface area contributed by atoms with E-state index in [2.05, 4.69) is 10.3 Å². The number of halogens is 2. The molecule has 5 heteroatoms. The van der Waals surface area contributed by atoms with Crippen LogP contribution in [0.2, 0.25) is 5.02 Å². The second kappa shape index (κ2) is 5.19. The molecular weight excluding hydrogens is 241 g/mol. The number of hydrogen-bond donors (Lipinski definition) is 1. The Morgan fingerprint density at radius 1 is 1.47 bits per heavy atom. The first-order valence-electron chi connectivity index (χ1n) is 5.39. The first-order chi connectivity index (χ1) is 8.20. The molecule has 0 aliphatic heterocycles. The quantitative estimate of drug-likeness (QED) is 0.906. The molecular formula is C12H13ClFN3. The van der Waals surface area contributed by atoms with Crippen molar-refractivity contribution in [3.63, 3.8) is 0 Å². The molecule has 0 atom stereocenters. The maximum atomic E-state index is 13.0. The summed E-state index contributed by atoms with van der Waals surface area (Å²) >= 11 is 5.95. The molecule has 1 N–H and O–H groups in total. The zero-order valence-electron chi connectivity index (χ0n) is 9.45. The summed E-state index contributed by atoms with van der Waals surface area (Å²) in [6, 6.07) is 4.24. The van der Waals surface area contributed by atoms with Crippen molar-refractivity contribution in [2.75, 3.05) is 5.32 Å². The van der Waals surface area contributed by atoms with Gasteiger partial charge in [-0.3, -0.25) is 0 Å². The summed E-state index contributed by atoms with van der Waals surface area (Å²) in [5.74, 6) is 0.587. The third-order valence-corrected chi connectivity index (χ3v) is 2.84. The van der Waals surface area contributed by atoms with Crippen LogP contribution in [0.25, 0.3) is 0 Å². The van der Waals surface area contributed by atoms with Crippen molar-refractivity contribution in [1.82, 2.24) is 9.55 Å².